The van der Waals surface area contributed by atoms with Crippen LogP contribution < -0.4 is 5.32 Å². The molecule has 0 bridgehead atoms. The number of para-hydroxylation sites is 1. The topological polar surface area (TPSA) is 33.1 Å². The lowest BCUT2D eigenvalue weighted by molar-refractivity contribution is 0.310. The standard InChI is InChI=1S/C27H26N4S/c1-19-17-23(20(2)31(19)22-13-7-4-8-14-22)26-25(24-15-9-10-16-28-24)29-27(32)30(26)18-21-11-5-3-6-12-21/h3-17,25-26H,18H2,1-2H3,(H,29,32)/t25-,26-/m1/s1. The molecular formula is C27H26N4S. The van der Waals surface area contributed by atoms with Crippen LogP contribution in [0.1, 0.15) is 40.3 Å². The molecule has 3 heterocycles. The van der Waals surface area contributed by atoms with Crippen molar-refractivity contribution in [3.63, 3.8) is 0 Å². The third-order valence-electron chi connectivity index (χ3n) is 6.20. The zero-order valence-corrected chi connectivity index (χ0v) is 19.1. The smallest absolute Gasteiger partial charge is 0.170 e. The average Bonchev–Trinajstić information content (AvgIpc) is 3.30. The summed E-state index contributed by atoms with van der Waals surface area (Å²) in [7, 11) is 0. The van der Waals surface area contributed by atoms with Crippen molar-refractivity contribution in [1.29, 1.82) is 0 Å². The minimum atomic E-state index is -0.0165. The van der Waals surface area contributed by atoms with E-state index < -0.39 is 0 Å². The van der Waals surface area contributed by atoms with Gasteiger partial charge in [-0.1, -0.05) is 54.6 Å². The van der Waals surface area contributed by atoms with Crippen LogP contribution in [0.3, 0.4) is 0 Å². The summed E-state index contributed by atoms with van der Waals surface area (Å²) in [5, 5.41) is 4.33. The van der Waals surface area contributed by atoms with Gasteiger partial charge in [-0.15, -0.1) is 0 Å². The van der Waals surface area contributed by atoms with Gasteiger partial charge in [0.05, 0.1) is 17.8 Å². The van der Waals surface area contributed by atoms with E-state index in [1.807, 2.05) is 24.4 Å². The fourth-order valence-corrected chi connectivity index (χ4v) is 5.06. The Kier molecular flexibility index (Phi) is 5.50. The van der Waals surface area contributed by atoms with Crippen molar-refractivity contribution in [2.45, 2.75) is 32.5 Å². The molecule has 5 heteroatoms. The molecule has 2 aromatic carbocycles. The van der Waals surface area contributed by atoms with Crippen LogP contribution in [0.15, 0.2) is 91.1 Å². The molecule has 4 aromatic rings. The van der Waals surface area contributed by atoms with Crippen LogP contribution in [0.2, 0.25) is 0 Å². The van der Waals surface area contributed by atoms with Crippen LogP contribution in [0.4, 0.5) is 0 Å². The van der Waals surface area contributed by atoms with Crippen molar-refractivity contribution < 1.29 is 0 Å². The number of benzene rings is 2. The normalized spacial score (nSPS) is 18.1. The fraction of sp³-hybridized carbons (Fsp3) is 0.185. The van der Waals surface area contributed by atoms with Crippen LogP contribution in [-0.4, -0.2) is 19.6 Å². The number of rotatable bonds is 5. The minimum Gasteiger partial charge on any atom is -0.352 e. The molecule has 2 atom stereocenters. The molecule has 0 unspecified atom stereocenters. The Morgan fingerprint density at radius 3 is 2.28 bits per heavy atom. The summed E-state index contributed by atoms with van der Waals surface area (Å²) in [6.45, 7) is 5.12. The highest BCUT2D eigenvalue weighted by atomic mass is 32.1. The van der Waals surface area contributed by atoms with Crippen LogP contribution >= 0.6 is 12.2 Å². The van der Waals surface area contributed by atoms with Gasteiger partial charge in [-0.25, -0.2) is 0 Å². The predicted molar refractivity (Wildman–Crippen MR) is 133 cm³/mol. The van der Waals surface area contributed by atoms with Gasteiger partial charge in [-0.3, -0.25) is 4.98 Å². The van der Waals surface area contributed by atoms with Gasteiger partial charge in [0.15, 0.2) is 5.11 Å². The Balaban J connectivity index is 1.62. The Labute approximate surface area is 194 Å². The molecule has 4 nitrogen and oxygen atoms in total. The number of nitrogens with zero attached hydrogens (tertiary/aromatic N) is 3. The first-order valence-corrected chi connectivity index (χ1v) is 11.3. The van der Waals surface area contributed by atoms with E-state index in [1.54, 1.807) is 0 Å². The molecule has 1 aliphatic rings. The SMILES string of the molecule is Cc1cc([C@@H]2[C@@H](c3ccccn3)NC(=S)N2Cc2ccccc2)c(C)n1-c1ccccc1. The lowest BCUT2D eigenvalue weighted by Gasteiger charge is -2.28. The highest BCUT2D eigenvalue weighted by molar-refractivity contribution is 7.80. The number of nitrogens with one attached hydrogen (secondary N) is 1. The molecular weight excluding hydrogens is 412 g/mol. The second kappa shape index (κ2) is 8.60. The van der Waals surface area contributed by atoms with Crippen molar-refractivity contribution in [3.05, 3.63) is 119 Å². The molecule has 5 rings (SSSR count). The fourth-order valence-electron chi connectivity index (χ4n) is 4.76. The molecule has 0 radical (unpaired) electrons. The second-order valence-electron chi connectivity index (χ2n) is 8.24. The van der Waals surface area contributed by atoms with Crippen LogP contribution in [-0.2, 0) is 6.54 Å². The lowest BCUT2D eigenvalue weighted by Crippen LogP contribution is -2.29. The Morgan fingerprint density at radius 1 is 0.906 bits per heavy atom. The second-order valence-corrected chi connectivity index (χ2v) is 8.62. The van der Waals surface area contributed by atoms with Crippen molar-refractivity contribution >= 4 is 17.3 Å². The van der Waals surface area contributed by atoms with E-state index >= 15 is 0 Å². The van der Waals surface area contributed by atoms with Gasteiger partial charge >= 0.3 is 0 Å². The number of pyridine rings is 1. The molecule has 160 valence electrons. The molecule has 1 aliphatic heterocycles. The Bertz CT molecular complexity index is 1220. The highest BCUT2D eigenvalue weighted by Gasteiger charge is 2.41. The Hall–Kier alpha value is -3.44. The van der Waals surface area contributed by atoms with E-state index in [9.17, 15) is 0 Å². The van der Waals surface area contributed by atoms with Crippen LogP contribution in [0.5, 0.6) is 0 Å². The summed E-state index contributed by atoms with van der Waals surface area (Å²) in [4.78, 5) is 6.98. The predicted octanol–water partition coefficient (Wildman–Crippen LogP) is 5.66. The number of hydrogen-bond acceptors (Lipinski definition) is 2. The molecule has 1 fully saturated rings. The molecule has 0 spiro atoms. The van der Waals surface area contributed by atoms with Crippen molar-refractivity contribution in [1.82, 2.24) is 19.8 Å². The van der Waals surface area contributed by atoms with Crippen molar-refractivity contribution in [2.24, 2.45) is 0 Å². The van der Waals surface area contributed by atoms with Gasteiger partial charge in [0.2, 0.25) is 0 Å². The largest absolute Gasteiger partial charge is 0.352 e. The zero-order chi connectivity index (χ0) is 22.1. The van der Waals surface area contributed by atoms with E-state index in [0.29, 0.717) is 0 Å². The third kappa shape index (κ3) is 3.69. The maximum Gasteiger partial charge on any atom is 0.170 e. The molecule has 1 saturated heterocycles. The average molecular weight is 439 g/mol. The number of aromatic nitrogens is 2. The van der Waals surface area contributed by atoms with Gasteiger partial charge in [-0.2, -0.15) is 0 Å². The number of thiocarbonyl (C=S) groups is 1. The van der Waals surface area contributed by atoms with Gasteiger partial charge in [0, 0.05) is 29.8 Å². The van der Waals surface area contributed by atoms with E-state index in [2.05, 4.69) is 100 Å². The van der Waals surface area contributed by atoms with E-state index in [1.165, 1.54) is 28.2 Å². The molecule has 0 aliphatic carbocycles. The van der Waals surface area contributed by atoms with Crippen LogP contribution in [0.25, 0.3) is 5.69 Å². The minimum absolute atomic E-state index is 0.0165. The first-order chi connectivity index (χ1) is 15.6. The Morgan fingerprint density at radius 2 is 1.59 bits per heavy atom. The maximum atomic E-state index is 5.85. The first-order valence-electron chi connectivity index (χ1n) is 10.9. The first kappa shape index (κ1) is 20.5. The monoisotopic (exact) mass is 438 g/mol. The number of hydrogen-bond donors (Lipinski definition) is 1. The van der Waals surface area contributed by atoms with Gasteiger partial charge in [0.1, 0.15) is 0 Å². The summed E-state index contributed by atoms with van der Waals surface area (Å²) in [5.74, 6) is 0. The summed E-state index contributed by atoms with van der Waals surface area (Å²) in [5.41, 5.74) is 7.11. The van der Waals surface area contributed by atoms with E-state index in [4.69, 9.17) is 12.2 Å². The van der Waals surface area contributed by atoms with Crippen molar-refractivity contribution in [2.75, 3.05) is 0 Å². The van der Waals surface area contributed by atoms with Gasteiger partial charge in [0.25, 0.3) is 0 Å². The van der Waals surface area contributed by atoms with Gasteiger partial charge < -0.3 is 14.8 Å². The molecule has 0 saturated carbocycles. The third-order valence-corrected chi connectivity index (χ3v) is 6.55. The quantitative estimate of drug-likeness (QED) is 0.408. The molecule has 1 N–H and O–H groups in total. The summed E-state index contributed by atoms with van der Waals surface area (Å²) in [6, 6.07) is 29.4. The van der Waals surface area contributed by atoms with Gasteiger partial charge in [-0.05, 0) is 67.5 Å². The molecule has 32 heavy (non-hydrogen) atoms. The molecule has 0 amide bonds. The van der Waals surface area contributed by atoms with Crippen molar-refractivity contribution in [3.8, 4) is 5.69 Å². The highest BCUT2D eigenvalue weighted by Crippen LogP contribution is 2.42. The summed E-state index contributed by atoms with van der Waals surface area (Å²) < 4.78 is 2.33. The van der Waals surface area contributed by atoms with Crippen LogP contribution in [0, 0.1) is 13.8 Å². The van der Waals surface area contributed by atoms with E-state index in [0.717, 1.165) is 17.4 Å². The maximum absolute atomic E-state index is 5.85. The number of aryl methyl sites for hydroxylation is 1. The molecule has 2 aromatic heterocycles. The zero-order valence-electron chi connectivity index (χ0n) is 18.3. The van der Waals surface area contributed by atoms with E-state index in [-0.39, 0.29) is 12.1 Å². The summed E-state index contributed by atoms with van der Waals surface area (Å²) >= 11 is 5.85. The summed E-state index contributed by atoms with van der Waals surface area (Å²) in [6.07, 6.45) is 1.85. The lowest BCUT2D eigenvalue weighted by atomic mass is 9.96.